The van der Waals surface area contributed by atoms with Gasteiger partial charge in [0.1, 0.15) is 0 Å². The Balaban J connectivity index is 2.28. The van der Waals surface area contributed by atoms with Gasteiger partial charge in [-0.1, -0.05) is 22.0 Å². The third-order valence-electron chi connectivity index (χ3n) is 1.88. The molecule has 0 aliphatic heterocycles. The molecule has 1 aromatic carbocycles. The Kier molecular flexibility index (Phi) is 5.18. The summed E-state index contributed by atoms with van der Waals surface area (Å²) in [6.45, 7) is 3.26. The molecule has 1 rings (SSSR count). The minimum Gasteiger partial charge on any atom is -0.384 e. The predicted octanol–water partition coefficient (Wildman–Crippen LogP) is 2.39. The number of halogens is 1. The summed E-state index contributed by atoms with van der Waals surface area (Å²) < 4.78 is 1.03. The standard InChI is InChI=1S/C11H15BrN2O/c1-2-13-11(15)6-7-14-10-5-3-4-9(12)8-10/h3-5,8,14H,2,6-7H2,1H3,(H,13,15). The molecule has 0 aromatic heterocycles. The van der Waals surface area contributed by atoms with Gasteiger partial charge in [-0.25, -0.2) is 0 Å². The first-order valence-corrected chi connectivity index (χ1v) is 5.78. The van der Waals surface area contributed by atoms with Gasteiger partial charge in [-0.15, -0.1) is 0 Å². The minimum absolute atomic E-state index is 0.0833. The number of hydrogen-bond donors (Lipinski definition) is 2. The van der Waals surface area contributed by atoms with Crippen molar-refractivity contribution in [3.05, 3.63) is 28.7 Å². The fourth-order valence-electron chi connectivity index (χ4n) is 1.20. The van der Waals surface area contributed by atoms with E-state index in [2.05, 4.69) is 26.6 Å². The maximum Gasteiger partial charge on any atom is 0.221 e. The average Bonchev–Trinajstić information content (AvgIpc) is 2.18. The summed E-state index contributed by atoms with van der Waals surface area (Å²) >= 11 is 3.39. The highest BCUT2D eigenvalue weighted by atomic mass is 79.9. The number of hydrogen-bond acceptors (Lipinski definition) is 2. The van der Waals surface area contributed by atoms with Crippen LogP contribution in [0.4, 0.5) is 5.69 Å². The quantitative estimate of drug-likeness (QED) is 0.863. The molecule has 0 fully saturated rings. The molecule has 0 saturated carbocycles. The van der Waals surface area contributed by atoms with Crippen molar-refractivity contribution in [1.82, 2.24) is 5.32 Å². The van der Waals surface area contributed by atoms with Gasteiger partial charge < -0.3 is 10.6 Å². The lowest BCUT2D eigenvalue weighted by Crippen LogP contribution is -2.24. The van der Waals surface area contributed by atoms with E-state index in [9.17, 15) is 4.79 Å². The van der Waals surface area contributed by atoms with Gasteiger partial charge in [0, 0.05) is 29.7 Å². The van der Waals surface area contributed by atoms with E-state index >= 15 is 0 Å². The van der Waals surface area contributed by atoms with Crippen molar-refractivity contribution in [3.8, 4) is 0 Å². The van der Waals surface area contributed by atoms with Crippen LogP contribution in [0.5, 0.6) is 0 Å². The van der Waals surface area contributed by atoms with Crippen LogP contribution in [0.25, 0.3) is 0 Å². The van der Waals surface area contributed by atoms with Crippen LogP contribution in [0.3, 0.4) is 0 Å². The number of carbonyl (C=O) groups excluding carboxylic acids is 1. The lowest BCUT2D eigenvalue weighted by molar-refractivity contribution is -0.120. The number of carbonyl (C=O) groups is 1. The molecule has 0 bridgehead atoms. The molecule has 0 aliphatic rings. The highest BCUT2D eigenvalue weighted by Gasteiger charge is 1.98. The van der Waals surface area contributed by atoms with Gasteiger partial charge in [-0.3, -0.25) is 4.79 Å². The summed E-state index contributed by atoms with van der Waals surface area (Å²) in [4.78, 5) is 11.1. The number of benzene rings is 1. The average molecular weight is 271 g/mol. The Morgan fingerprint density at radius 1 is 1.47 bits per heavy atom. The lowest BCUT2D eigenvalue weighted by Gasteiger charge is -2.06. The summed E-state index contributed by atoms with van der Waals surface area (Å²) in [5.74, 6) is 0.0833. The Morgan fingerprint density at radius 2 is 2.27 bits per heavy atom. The minimum atomic E-state index is 0.0833. The van der Waals surface area contributed by atoms with Crippen molar-refractivity contribution < 1.29 is 4.79 Å². The molecule has 1 aromatic rings. The lowest BCUT2D eigenvalue weighted by atomic mass is 10.3. The van der Waals surface area contributed by atoms with Crippen molar-refractivity contribution in [2.45, 2.75) is 13.3 Å². The smallest absolute Gasteiger partial charge is 0.221 e. The zero-order valence-corrected chi connectivity index (χ0v) is 10.3. The van der Waals surface area contributed by atoms with E-state index in [1.54, 1.807) is 0 Å². The van der Waals surface area contributed by atoms with E-state index in [0.717, 1.165) is 10.2 Å². The highest BCUT2D eigenvalue weighted by Crippen LogP contribution is 2.15. The fourth-order valence-corrected chi connectivity index (χ4v) is 1.60. The second-order valence-electron chi connectivity index (χ2n) is 3.14. The van der Waals surface area contributed by atoms with Gasteiger partial charge >= 0.3 is 0 Å². The zero-order chi connectivity index (χ0) is 11.1. The largest absolute Gasteiger partial charge is 0.384 e. The Morgan fingerprint density at radius 3 is 2.93 bits per heavy atom. The van der Waals surface area contributed by atoms with Gasteiger partial charge in [0.2, 0.25) is 5.91 Å². The van der Waals surface area contributed by atoms with Crippen molar-refractivity contribution in [3.63, 3.8) is 0 Å². The first kappa shape index (κ1) is 12.0. The fraction of sp³-hybridized carbons (Fsp3) is 0.364. The van der Waals surface area contributed by atoms with Crippen molar-refractivity contribution in [2.24, 2.45) is 0 Å². The van der Waals surface area contributed by atoms with E-state index < -0.39 is 0 Å². The normalized spacial score (nSPS) is 9.73. The Bertz CT molecular complexity index is 328. The third kappa shape index (κ3) is 4.83. The Hall–Kier alpha value is -1.03. The molecule has 0 heterocycles. The SMILES string of the molecule is CCNC(=O)CCNc1cccc(Br)c1. The summed E-state index contributed by atoms with van der Waals surface area (Å²) in [5, 5.41) is 5.94. The van der Waals surface area contributed by atoms with Crippen LogP contribution in [0.2, 0.25) is 0 Å². The topological polar surface area (TPSA) is 41.1 Å². The molecular weight excluding hydrogens is 256 g/mol. The second-order valence-corrected chi connectivity index (χ2v) is 4.06. The molecule has 0 spiro atoms. The van der Waals surface area contributed by atoms with E-state index in [1.165, 1.54) is 0 Å². The van der Waals surface area contributed by atoms with E-state index in [1.807, 2.05) is 31.2 Å². The summed E-state index contributed by atoms with van der Waals surface area (Å²) in [7, 11) is 0. The number of rotatable bonds is 5. The molecule has 4 heteroatoms. The van der Waals surface area contributed by atoms with Crippen molar-refractivity contribution >= 4 is 27.5 Å². The summed E-state index contributed by atoms with van der Waals surface area (Å²) in [6, 6.07) is 7.88. The van der Waals surface area contributed by atoms with Crippen LogP contribution < -0.4 is 10.6 Å². The van der Waals surface area contributed by atoms with Gasteiger partial charge in [-0.05, 0) is 25.1 Å². The van der Waals surface area contributed by atoms with E-state index in [4.69, 9.17) is 0 Å². The first-order valence-electron chi connectivity index (χ1n) is 4.98. The van der Waals surface area contributed by atoms with Crippen molar-refractivity contribution in [1.29, 1.82) is 0 Å². The third-order valence-corrected chi connectivity index (χ3v) is 2.37. The van der Waals surface area contributed by atoms with Crippen LogP contribution in [-0.4, -0.2) is 19.0 Å². The molecule has 3 nitrogen and oxygen atoms in total. The van der Waals surface area contributed by atoms with E-state index in [-0.39, 0.29) is 5.91 Å². The van der Waals surface area contributed by atoms with Gasteiger partial charge in [0.25, 0.3) is 0 Å². The van der Waals surface area contributed by atoms with Gasteiger partial charge in [0.05, 0.1) is 0 Å². The van der Waals surface area contributed by atoms with E-state index in [0.29, 0.717) is 19.5 Å². The number of amides is 1. The molecular formula is C11H15BrN2O. The molecule has 2 N–H and O–H groups in total. The van der Waals surface area contributed by atoms with Crippen molar-refractivity contribution in [2.75, 3.05) is 18.4 Å². The number of anilines is 1. The molecule has 0 aliphatic carbocycles. The molecule has 0 radical (unpaired) electrons. The summed E-state index contributed by atoms with van der Waals surface area (Å²) in [5.41, 5.74) is 1.02. The molecule has 0 atom stereocenters. The Labute approximate surface area is 98.4 Å². The number of nitrogens with one attached hydrogen (secondary N) is 2. The van der Waals surface area contributed by atoms with Crippen LogP contribution in [0.15, 0.2) is 28.7 Å². The molecule has 82 valence electrons. The maximum absolute atomic E-state index is 11.1. The van der Waals surface area contributed by atoms with Gasteiger partial charge in [0.15, 0.2) is 0 Å². The summed E-state index contributed by atoms with van der Waals surface area (Å²) in [6.07, 6.45) is 0.500. The van der Waals surface area contributed by atoms with Crippen LogP contribution in [-0.2, 0) is 4.79 Å². The first-order chi connectivity index (χ1) is 7.22. The van der Waals surface area contributed by atoms with Crippen LogP contribution in [0, 0.1) is 0 Å². The maximum atomic E-state index is 11.1. The molecule has 1 amide bonds. The van der Waals surface area contributed by atoms with Crippen LogP contribution in [0.1, 0.15) is 13.3 Å². The monoisotopic (exact) mass is 270 g/mol. The molecule has 0 unspecified atom stereocenters. The zero-order valence-electron chi connectivity index (χ0n) is 8.72. The van der Waals surface area contributed by atoms with Crippen LogP contribution >= 0.6 is 15.9 Å². The molecule has 15 heavy (non-hydrogen) atoms. The molecule has 0 saturated heterocycles. The highest BCUT2D eigenvalue weighted by molar-refractivity contribution is 9.10. The second kappa shape index (κ2) is 6.45. The predicted molar refractivity (Wildman–Crippen MR) is 65.9 cm³/mol. The van der Waals surface area contributed by atoms with Gasteiger partial charge in [-0.2, -0.15) is 0 Å².